The summed E-state index contributed by atoms with van der Waals surface area (Å²) < 4.78 is 11.0. The van der Waals surface area contributed by atoms with Gasteiger partial charge in [0.1, 0.15) is 11.2 Å². The summed E-state index contributed by atoms with van der Waals surface area (Å²) in [5, 5.41) is 0. The lowest BCUT2D eigenvalue weighted by molar-refractivity contribution is 0.0265. The SMILES string of the molecule is CC(C)(C)OC(=O)N1CC=C(N(C(=O)OC(C)(C)C)c2ccccc2)CC1. The molecule has 0 atom stereocenters. The number of carbonyl (C=O) groups is 2. The molecule has 27 heavy (non-hydrogen) atoms. The third-order valence-electron chi connectivity index (χ3n) is 3.71. The summed E-state index contributed by atoms with van der Waals surface area (Å²) in [5.41, 5.74) is 0.425. The maximum Gasteiger partial charge on any atom is 0.419 e. The normalized spacial score (nSPS) is 15.0. The summed E-state index contributed by atoms with van der Waals surface area (Å²) in [6.07, 6.45) is 1.64. The van der Waals surface area contributed by atoms with Gasteiger partial charge >= 0.3 is 12.2 Å². The van der Waals surface area contributed by atoms with Crippen LogP contribution in [0.25, 0.3) is 0 Å². The maximum absolute atomic E-state index is 12.8. The summed E-state index contributed by atoms with van der Waals surface area (Å²) in [4.78, 5) is 28.3. The number of ether oxygens (including phenoxy) is 2. The quantitative estimate of drug-likeness (QED) is 0.735. The van der Waals surface area contributed by atoms with Crippen LogP contribution in [0.1, 0.15) is 48.0 Å². The van der Waals surface area contributed by atoms with Crippen molar-refractivity contribution in [2.45, 2.75) is 59.2 Å². The van der Waals surface area contributed by atoms with Crippen molar-refractivity contribution in [1.29, 1.82) is 0 Å². The van der Waals surface area contributed by atoms with Crippen LogP contribution in [-0.4, -0.2) is 41.4 Å². The van der Waals surface area contributed by atoms with E-state index in [0.29, 0.717) is 19.5 Å². The lowest BCUT2D eigenvalue weighted by Gasteiger charge is -2.34. The number of anilines is 1. The van der Waals surface area contributed by atoms with Crippen LogP contribution < -0.4 is 4.90 Å². The first-order valence-electron chi connectivity index (χ1n) is 9.21. The zero-order chi connectivity index (χ0) is 20.2. The molecule has 1 aromatic carbocycles. The van der Waals surface area contributed by atoms with Crippen LogP contribution in [0, 0.1) is 0 Å². The van der Waals surface area contributed by atoms with Crippen LogP contribution in [0.5, 0.6) is 0 Å². The number of amides is 2. The van der Waals surface area contributed by atoms with Crippen LogP contribution in [0.3, 0.4) is 0 Å². The lowest BCUT2D eigenvalue weighted by atomic mass is 10.1. The van der Waals surface area contributed by atoms with Crippen molar-refractivity contribution < 1.29 is 19.1 Å². The van der Waals surface area contributed by atoms with Crippen molar-refractivity contribution in [2.75, 3.05) is 18.0 Å². The minimum absolute atomic E-state index is 0.346. The number of rotatable bonds is 2. The van der Waals surface area contributed by atoms with Crippen molar-refractivity contribution in [3.8, 4) is 0 Å². The Morgan fingerprint density at radius 2 is 1.56 bits per heavy atom. The first-order chi connectivity index (χ1) is 12.5. The van der Waals surface area contributed by atoms with Gasteiger partial charge in [0.2, 0.25) is 0 Å². The number of nitrogens with zero attached hydrogens (tertiary/aromatic N) is 2. The highest BCUT2D eigenvalue weighted by Gasteiger charge is 2.30. The Morgan fingerprint density at radius 3 is 2.04 bits per heavy atom. The molecule has 0 radical (unpaired) electrons. The van der Waals surface area contributed by atoms with Gasteiger partial charge in [-0.3, -0.25) is 4.90 Å². The summed E-state index contributed by atoms with van der Waals surface area (Å²) in [6, 6.07) is 9.39. The van der Waals surface area contributed by atoms with Gasteiger partial charge in [-0.05, 0) is 59.8 Å². The molecule has 0 saturated carbocycles. The minimum atomic E-state index is -0.595. The Hall–Kier alpha value is -2.50. The van der Waals surface area contributed by atoms with Crippen LogP contribution >= 0.6 is 0 Å². The molecule has 6 heteroatoms. The van der Waals surface area contributed by atoms with E-state index >= 15 is 0 Å². The van der Waals surface area contributed by atoms with Crippen LogP contribution in [0.4, 0.5) is 15.3 Å². The Balaban J connectivity index is 2.20. The smallest absolute Gasteiger partial charge is 0.419 e. The summed E-state index contributed by atoms with van der Waals surface area (Å²) in [7, 11) is 0. The van der Waals surface area contributed by atoms with Gasteiger partial charge in [-0.25, -0.2) is 9.59 Å². The highest BCUT2D eigenvalue weighted by atomic mass is 16.6. The number of para-hydroxylation sites is 1. The van der Waals surface area contributed by atoms with E-state index in [1.807, 2.05) is 78.0 Å². The Bertz CT molecular complexity index is 699. The van der Waals surface area contributed by atoms with Gasteiger partial charge in [0.05, 0.1) is 5.69 Å². The van der Waals surface area contributed by atoms with Gasteiger partial charge in [-0.15, -0.1) is 0 Å². The van der Waals surface area contributed by atoms with E-state index in [1.54, 1.807) is 9.80 Å². The second kappa shape index (κ2) is 8.03. The van der Waals surface area contributed by atoms with E-state index < -0.39 is 17.3 Å². The fraction of sp³-hybridized carbons (Fsp3) is 0.524. The fourth-order valence-electron chi connectivity index (χ4n) is 2.63. The Labute approximate surface area is 161 Å². The van der Waals surface area contributed by atoms with Crippen molar-refractivity contribution in [1.82, 2.24) is 4.90 Å². The molecular formula is C21H30N2O4. The number of benzene rings is 1. The molecule has 1 aliphatic rings. The molecule has 6 nitrogen and oxygen atoms in total. The van der Waals surface area contributed by atoms with Gasteiger partial charge in [0, 0.05) is 25.2 Å². The highest BCUT2D eigenvalue weighted by Crippen LogP contribution is 2.26. The zero-order valence-corrected chi connectivity index (χ0v) is 17.1. The molecule has 0 unspecified atom stereocenters. The molecule has 0 aliphatic carbocycles. The summed E-state index contributed by atoms with van der Waals surface area (Å²) in [5.74, 6) is 0. The minimum Gasteiger partial charge on any atom is -0.444 e. The molecule has 0 fully saturated rings. The second-order valence-electron chi connectivity index (χ2n) is 8.52. The number of hydrogen-bond donors (Lipinski definition) is 0. The van der Waals surface area contributed by atoms with Crippen molar-refractivity contribution >= 4 is 17.9 Å². The lowest BCUT2D eigenvalue weighted by Crippen LogP contribution is -2.43. The first-order valence-corrected chi connectivity index (χ1v) is 9.21. The van der Waals surface area contributed by atoms with Crippen LogP contribution in [-0.2, 0) is 9.47 Å². The monoisotopic (exact) mass is 374 g/mol. The van der Waals surface area contributed by atoms with Gasteiger partial charge in [-0.2, -0.15) is 0 Å². The molecule has 0 bridgehead atoms. The molecule has 2 rings (SSSR count). The molecule has 2 amide bonds. The van der Waals surface area contributed by atoms with E-state index in [2.05, 4.69) is 0 Å². The van der Waals surface area contributed by atoms with Gasteiger partial charge in [-0.1, -0.05) is 18.2 Å². The Kier molecular flexibility index (Phi) is 6.19. The average Bonchev–Trinajstić information content (AvgIpc) is 2.53. The van der Waals surface area contributed by atoms with E-state index in [4.69, 9.17) is 9.47 Å². The molecule has 1 aromatic rings. The largest absolute Gasteiger partial charge is 0.444 e. The molecule has 0 spiro atoms. The molecule has 0 aromatic heterocycles. The van der Waals surface area contributed by atoms with Gasteiger partial charge in [0.25, 0.3) is 0 Å². The predicted octanol–water partition coefficient (Wildman–Crippen LogP) is 4.95. The predicted molar refractivity (Wildman–Crippen MR) is 106 cm³/mol. The topological polar surface area (TPSA) is 59.1 Å². The summed E-state index contributed by atoms with van der Waals surface area (Å²) >= 11 is 0. The van der Waals surface area contributed by atoms with E-state index in [0.717, 1.165) is 11.4 Å². The first kappa shape index (κ1) is 20.8. The molecule has 0 saturated heterocycles. The molecule has 1 heterocycles. The number of hydrogen-bond acceptors (Lipinski definition) is 4. The van der Waals surface area contributed by atoms with Crippen molar-refractivity contribution in [3.63, 3.8) is 0 Å². The molecule has 148 valence electrons. The van der Waals surface area contributed by atoms with E-state index in [9.17, 15) is 9.59 Å². The van der Waals surface area contributed by atoms with Crippen LogP contribution in [0.15, 0.2) is 42.1 Å². The second-order valence-corrected chi connectivity index (χ2v) is 8.52. The van der Waals surface area contributed by atoms with Crippen molar-refractivity contribution in [2.24, 2.45) is 0 Å². The van der Waals surface area contributed by atoms with Crippen LogP contribution in [0.2, 0.25) is 0 Å². The zero-order valence-electron chi connectivity index (χ0n) is 17.1. The summed E-state index contributed by atoms with van der Waals surface area (Å²) in [6.45, 7) is 11.9. The van der Waals surface area contributed by atoms with Gasteiger partial charge in [0.15, 0.2) is 0 Å². The highest BCUT2D eigenvalue weighted by molar-refractivity contribution is 5.91. The fourth-order valence-corrected chi connectivity index (χ4v) is 2.63. The third-order valence-corrected chi connectivity index (χ3v) is 3.71. The standard InChI is InChI=1S/C21H30N2O4/c1-20(2,3)26-18(24)22-14-12-17(13-15-22)23(16-10-8-7-9-11-16)19(25)27-21(4,5)6/h7-12H,13-15H2,1-6H3. The molecular weight excluding hydrogens is 344 g/mol. The number of carbonyl (C=O) groups excluding carboxylic acids is 2. The average molecular weight is 374 g/mol. The Morgan fingerprint density at radius 1 is 0.963 bits per heavy atom. The van der Waals surface area contributed by atoms with Gasteiger partial charge < -0.3 is 14.4 Å². The third kappa shape index (κ3) is 6.31. The molecule has 0 N–H and O–H groups in total. The van der Waals surface area contributed by atoms with E-state index in [1.165, 1.54) is 0 Å². The molecule has 1 aliphatic heterocycles. The van der Waals surface area contributed by atoms with Crippen molar-refractivity contribution in [3.05, 3.63) is 42.1 Å². The maximum atomic E-state index is 12.8. The van der Waals surface area contributed by atoms with E-state index in [-0.39, 0.29) is 6.09 Å².